The van der Waals surface area contributed by atoms with Crippen LogP contribution < -0.4 is 10.6 Å². The number of carbonyl (C=O) groups is 1. The Labute approximate surface area is 124 Å². The summed E-state index contributed by atoms with van der Waals surface area (Å²) in [6.45, 7) is 5.11. The van der Waals surface area contributed by atoms with E-state index in [2.05, 4.69) is 38.8 Å². The van der Waals surface area contributed by atoms with Crippen LogP contribution in [0.3, 0.4) is 0 Å². The fraction of sp³-hybridized carbons (Fsp3) is 0.333. The number of aryl methyl sites for hydroxylation is 1. The highest BCUT2D eigenvalue weighted by molar-refractivity contribution is 5.92. The molecule has 1 amide bonds. The first-order valence-corrected chi connectivity index (χ1v) is 7.03. The van der Waals surface area contributed by atoms with Gasteiger partial charge in [0.1, 0.15) is 5.82 Å². The van der Waals surface area contributed by atoms with Gasteiger partial charge in [-0.3, -0.25) is 9.78 Å². The maximum Gasteiger partial charge on any atom is 0.271 e. The van der Waals surface area contributed by atoms with Gasteiger partial charge >= 0.3 is 0 Å². The third-order valence-electron chi connectivity index (χ3n) is 3.04. The number of anilines is 1. The number of carbonyl (C=O) groups excluding carboxylic acids is 1. The smallest absolute Gasteiger partial charge is 0.271 e. The summed E-state index contributed by atoms with van der Waals surface area (Å²) in [5, 5.41) is 13.8. The van der Waals surface area contributed by atoms with Gasteiger partial charge in [-0.2, -0.15) is 0 Å². The Bertz CT molecular complexity index is 597. The van der Waals surface area contributed by atoms with Gasteiger partial charge in [0.15, 0.2) is 5.69 Å². The number of amides is 1. The SMILES string of the molecule is CCNC(=O)c1ccc(NCc2ncccc2CC)nn1. The lowest BCUT2D eigenvalue weighted by atomic mass is 10.1. The molecule has 0 aliphatic heterocycles. The first-order chi connectivity index (χ1) is 10.2. The molecule has 0 spiro atoms. The number of rotatable bonds is 6. The fourth-order valence-corrected chi connectivity index (χ4v) is 1.93. The Kier molecular flexibility index (Phi) is 5.20. The number of hydrogen-bond donors (Lipinski definition) is 2. The highest BCUT2D eigenvalue weighted by Gasteiger charge is 2.07. The highest BCUT2D eigenvalue weighted by atomic mass is 16.1. The molecule has 6 nitrogen and oxygen atoms in total. The number of pyridine rings is 1. The molecule has 0 saturated carbocycles. The van der Waals surface area contributed by atoms with Crippen LogP contribution >= 0.6 is 0 Å². The molecule has 0 atom stereocenters. The van der Waals surface area contributed by atoms with Crippen molar-refractivity contribution in [3.8, 4) is 0 Å². The quantitative estimate of drug-likeness (QED) is 0.846. The van der Waals surface area contributed by atoms with Crippen molar-refractivity contribution in [2.75, 3.05) is 11.9 Å². The number of aromatic nitrogens is 3. The van der Waals surface area contributed by atoms with E-state index in [9.17, 15) is 4.79 Å². The van der Waals surface area contributed by atoms with Gasteiger partial charge in [0.2, 0.25) is 0 Å². The van der Waals surface area contributed by atoms with Crippen molar-refractivity contribution in [2.45, 2.75) is 26.8 Å². The molecule has 0 fully saturated rings. The molecule has 0 aromatic carbocycles. The molecule has 0 bridgehead atoms. The van der Waals surface area contributed by atoms with Crippen LogP contribution in [0.15, 0.2) is 30.5 Å². The van der Waals surface area contributed by atoms with Crippen molar-refractivity contribution in [1.29, 1.82) is 0 Å². The van der Waals surface area contributed by atoms with Gasteiger partial charge in [-0.15, -0.1) is 10.2 Å². The maximum atomic E-state index is 11.6. The van der Waals surface area contributed by atoms with E-state index in [0.29, 0.717) is 24.6 Å². The zero-order valence-corrected chi connectivity index (χ0v) is 12.3. The maximum absolute atomic E-state index is 11.6. The summed E-state index contributed by atoms with van der Waals surface area (Å²) in [5.74, 6) is 0.408. The summed E-state index contributed by atoms with van der Waals surface area (Å²) >= 11 is 0. The third-order valence-corrected chi connectivity index (χ3v) is 3.04. The van der Waals surface area contributed by atoms with Crippen LogP contribution in [0.1, 0.15) is 35.6 Å². The second kappa shape index (κ2) is 7.33. The third kappa shape index (κ3) is 3.98. The van der Waals surface area contributed by atoms with Crippen LogP contribution in [0.25, 0.3) is 0 Å². The molecular formula is C15H19N5O. The summed E-state index contributed by atoms with van der Waals surface area (Å²) in [4.78, 5) is 15.9. The van der Waals surface area contributed by atoms with E-state index >= 15 is 0 Å². The Hall–Kier alpha value is -2.50. The number of nitrogens with zero attached hydrogens (tertiary/aromatic N) is 3. The summed E-state index contributed by atoms with van der Waals surface area (Å²) in [5.41, 5.74) is 2.51. The lowest BCUT2D eigenvalue weighted by molar-refractivity contribution is 0.0950. The molecule has 2 rings (SSSR count). The summed E-state index contributed by atoms with van der Waals surface area (Å²) in [7, 11) is 0. The predicted octanol–water partition coefficient (Wildman–Crippen LogP) is 1.80. The van der Waals surface area contributed by atoms with Crippen LogP contribution in [0.2, 0.25) is 0 Å². The normalized spacial score (nSPS) is 10.2. The zero-order valence-electron chi connectivity index (χ0n) is 12.3. The fourth-order valence-electron chi connectivity index (χ4n) is 1.93. The van der Waals surface area contributed by atoms with Crippen molar-refractivity contribution in [1.82, 2.24) is 20.5 Å². The lowest BCUT2D eigenvalue weighted by Crippen LogP contribution is -2.24. The monoisotopic (exact) mass is 285 g/mol. The molecule has 2 aromatic rings. The van der Waals surface area contributed by atoms with Gasteiger partial charge in [0, 0.05) is 12.7 Å². The van der Waals surface area contributed by atoms with E-state index in [1.807, 2.05) is 13.0 Å². The van der Waals surface area contributed by atoms with Gasteiger partial charge in [-0.05, 0) is 37.1 Å². The minimum Gasteiger partial charge on any atom is -0.363 e. The second-order valence-electron chi connectivity index (χ2n) is 4.48. The van der Waals surface area contributed by atoms with Crippen LogP contribution in [0, 0.1) is 0 Å². The molecule has 2 aromatic heterocycles. The van der Waals surface area contributed by atoms with Gasteiger partial charge in [-0.1, -0.05) is 13.0 Å². The summed E-state index contributed by atoms with van der Waals surface area (Å²) < 4.78 is 0. The topological polar surface area (TPSA) is 79.8 Å². The van der Waals surface area contributed by atoms with E-state index in [-0.39, 0.29) is 5.91 Å². The Balaban J connectivity index is 1.99. The van der Waals surface area contributed by atoms with Crippen molar-refractivity contribution in [3.63, 3.8) is 0 Å². The van der Waals surface area contributed by atoms with Crippen molar-refractivity contribution in [3.05, 3.63) is 47.4 Å². The molecule has 0 saturated heterocycles. The van der Waals surface area contributed by atoms with Crippen molar-refractivity contribution >= 4 is 11.7 Å². The molecule has 21 heavy (non-hydrogen) atoms. The predicted molar refractivity (Wildman–Crippen MR) is 81.0 cm³/mol. The summed E-state index contributed by atoms with van der Waals surface area (Å²) in [6.07, 6.45) is 2.71. The summed E-state index contributed by atoms with van der Waals surface area (Å²) in [6, 6.07) is 7.39. The van der Waals surface area contributed by atoms with Crippen LogP contribution in [-0.2, 0) is 13.0 Å². The number of nitrogens with one attached hydrogen (secondary N) is 2. The van der Waals surface area contributed by atoms with E-state index in [0.717, 1.165) is 12.1 Å². The first kappa shape index (κ1) is 14.9. The molecule has 0 aliphatic carbocycles. The molecule has 0 unspecified atom stereocenters. The van der Waals surface area contributed by atoms with Gasteiger partial charge in [0.05, 0.1) is 12.2 Å². The number of hydrogen-bond acceptors (Lipinski definition) is 5. The van der Waals surface area contributed by atoms with Crippen LogP contribution in [0.4, 0.5) is 5.82 Å². The van der Waals surface area contributed by atoms with Gasteiger partial charge < -0.3 is 10.6 Å². The Morgan fingerprint density at radius 2 is 2.05 bits per heavy atom. The molecule has 0 aliphatic rings. The minimum absolute atomic E-state index is 0.213. The highest BCUT2D eigenvalue weighted by Crippen LogP contribution is 2.09. The van der Waals surface area contributed by atoms with Gasteiger partial charge in [0.25, 0.3) is 5.91 Å². The van der Waals surface area contributed by atoms with Crippen LogP contribution in [-0.4, -0.2) is 27.6 Å². The van der Waals surface area contributed by atoms with E-state index in [1.54, 1.807) is 18.3 Å². The molecule has 110 valence electrons. The molecular weight excluding hydrogens is 266 g/mol. The van der Waals surface area contributed by atoms with Crippen molar-refractivity contribution in [2.24, 2.45) is 0 Å². The van der Waals surface area contributed by atoms with E-state index in [1.165, 1.54) is 5.56 Å². The van der Waals surface area contributed by atoms with Crippen LogP contribution in [0.5, 0.6) is 0 Å². The minimum atomic E-state index is -0.213. The first-order valence-electron chi connectivity index (χ1n) is 7.03. The lowest BCUT2D eigenvalue weighted by Gasteiger charge is -2.08. The average Bonchev–Trinajstić information content (AvgIpc) is 2.54. The molecule has 0 radical (unpaired) electrons. The second-order valence-corrected chi connectivity index (χ2v) is 4.48. The molecule has 6 heteroatoms. The van der Waals surface area contributed by atoms with E-state index < -0.39 is 0 Å². The van der Waals surface area contributed by atoms with E-state index in [4.69, 9.17) is 0 Å². The standard InChI is InChI=1S/C15H19N5O/c1-3-11-6-5-9-17-13(11)10-18-14-8-7-12(19-20-14)15(21)16-4-2/h5-9H,3-4,10H2,1-2H3,(H,16,21)(H,18,20). The average molecular weight is 285 g/mol. The molecule has 2 heterocycles. The Morgan fingerprint density at radius 3 is 2.71 bits per heavy atom. The molecule has 2 N–H and O–H groups in total. The Morgan fingerprint density at radius 1 is 1.19 bits per heavy atom. The van der Waals surface area contributed by atoms with Crippen molar-refractivity contribution < 1.29 is 4.79 Å². The largest absolute Gasteiger partial charge is 0.363 e. The van der Waals surface area contributed by atoms with Gasteiger partial charge in [-0.25, -0.2) is 0 Å². The zero-order chi connectivity index (χ0) is 15.1.